The molecule has 2 fully saturated rings. The van der Waals surface area contributed by atoms with Crippen molar-refractivity contribution >= 4 is 10.0 Å². The molecular formula is C22H28N2O5S. The third-order valence-electron chi connectivity index (χ3n) is 5.91. The van der Waals surface area contributed by atoms with Gasteiger partial charge in [0.2, 0.25) is 10.0 Å². The maximum absolute atomic E-state index is 12.9. The van der Waals surface area contributed by atoms with Gasteiger partial charge in [0.05, 0.1) is 24.2 Å². The lowest BCUT2D eigenvalue weighted by Gasteiger charge is -2.37. The number of hydrogen-bond acceptors (Lipinski definition) is 6. The van der Waals surface area contributed by atoms with Crippen LogP contribution in [0.4, 0.5) is 0 Å². The van der Waals surface area contributed by atoms with E-state index in [2.05, 4.69) is 4.90 Å². The number of sulfonamides is 1. The van der Waals surface area contributed by atoms with Crippen molar-refractivity contribution in [1.29, 1.82) is 0 Å². The van der Waals surface area contributed by atoms with Gasteiger partial charge in [0, 0.05) is 26.2 Å². The molecule has 2 aromatic rings. The third kappa shape index (κ3) is 4.32. The van der Waals surface area contributed by atoms with Gasteiger partial charge >= 0.3 is 0 Å². The molecule has 0 spiro atoms. The summed E-state index contributed by atoms with van der Waals surface area (Å²) < 4.78 is 38.7. The molecule has 2 aromatic carbocycles. The van der Waals surface area contributed by atoms with Crippen LogP contribution in [-0.2, 0) is 10.0 Å². The fraction of sp³-hybridized carbons (Fsp3) is 0.455. The van der Waals surface area contributed by atoms with Crippen molar-refractivity contribution in [3.63, 3.8) is 0 Å². The van der Waals surface area contributed by atoms with E-state index in [9.17, 15) is 13.5 Å². The minimum absolute atomic E-state index is 0.0697. The molecule has 0 radical (unpaired) electrons. The zero-order chi connectivity index (χ0) is 21.1. The second-order valence-corrected chi connectivity index (χ2v) is 9.71. The highest BCUT2D eigenvalue weighted by Crippen LogP contribution is 2.30. The summed E-state index contributed by atoms with van der Waals surface area (Å²) in [5, 5.41) is 10.6. The largest absolute Gasteiger partial charge is 0.493 e. The summed E-state index contributed by atoms with van der Waals surface area (Å²) >= 11 is 0. The number of ether oxygens (including phenoxy) is 2. The minimum atomic E-state index is -3.59. The van der Waals surface area contributed by atoms with Crippen LogP contribution in [0.25, 0.3) is 0 Å². The molecule has 0 unspecified atom stereocenters. The monoisotopic (exact) mass is 432 g/mol. The van der Waals surface area contributed by atoms with Crippen molar-refractivity contribution in [3.05, 3.63) is 54.6 Å². The van der Waals surface area contributed by atoms with Crippen molar-refractivity contribution in [2.45, 2.75) is 36.0 Å². The third-order valence-corrected chi connectivity index (χ3v) is 7.76. The second kappa shape index (κ2) is 8.93. The van der Waals surface area contributed by atoms with E-state index in [1.165, 1.54) is 4.31 Å². The lowest BCUT2D eigenvalue weighted by molar-refractivity contribution is 0.0356. The number of benzene rings is 2. The van der Waals surface area contributed by atoms with Gasteiger partial charge in [0.25, 0.3) is 0 Å². The van der Waals surface area contributed by atoms with Crippen LogP contribution in [-0.4, -0.2) is 74.3 Å². The highest BCUT2D eigenvalue weighted by molar-refractivity contribution is 7.89. The zero-order valence-corrected chi connectivity index (χ0v) is 17.9. The molecule has 2 aliphatic heterocycles. The van der Waals surface area contributed by atoms with Crippen LogP contribution in [0.5, 0.6) is 11.5 Å². The summed E-state index contributed by atoms with van der Waals surface area (Å²) in [5.74, 6) is 1.45. The van der Waals surface area contributed by atoms with Crippen LogP contribution < -0.4 is 9.47 Å². The Morgan fingerprint density at radius 2 is 1.57 bits per heavy atom. The van der Waals surface area contributed by atoms with Crippen LogP contribution >= 0.6 is 0 Å². The molecule has 7 nitrogen and oxygen atoms in total. The van der Waals surface area contributed by atoms with Crippen molar-refractivity contribution in [3.8, 4) is 11.5 Å². The first-order valence-corrected chi connectivity index (χ1v) is 11.7. The molecule has 2 aliphatic rings. The summed E-state index contributed by atoms with van der Waals surface area (Å²) in [6.07, 6.45) is 0.995. The molecule has 4 rings (SSSR count). The van der Waals surface area contributed by atoms with Gasteiger partial charge in [-0.2, -0.15) is 4.31 Å². The first-order chi connectivity index (χ1) is 14.5. The molecule has 0 amide bonds. The average Bonchev–Trinajstić information content (AvgIpc) is 3.18. The van der Waals surface area contributed by atoms with Crippen LogP contribution in [0.1, 0.15) is 12.8 Å². The number of likely N-dealkylation sites (tertiary alicyclic amines) is 1. The molecule has 2 heterocycles. The first-order valence-electron chi connectivity index (χ1n) is 10.3. The smallest absolute Gasteiger partial charge is 0.243 e. The zero-order valence-electron chi connectivity index (χ0n) is 17.1. The Bertz CT molecular complexity index is 945. The van der Waals surface area contributed by atoms with E-state index in [0.29, 0.717) is 12.3 Å². The number of para-hydroxylation sites is 2. The number of β-amino-alcohol motifs (C(OH)–C–C–N with tert-alkyl or cyclic N) is 1. The van der Waals surface area contributed by atoms with Gasteiger partial charge < -0.3 is 14.6 Å². The van der Waals surface area contributed by atoms with Crippen LogP contribution in [0.2, 0.25) is 0 Å². The van der Waals surface area contributed by atoms with Crippen molar-refractivity contribution in [1.82, 2.24) is 9.21 Å². The number of nitrogens with zero attached hydrogens (tertiary/aromatic N) is 2. The Labute approximate surface area is 177 Å². The fourth-order valence-electron chi connectivity index (χ4n) is 4.25. The summed E-state index contributed by atoms with van der Waals surface area (Å²) in [5.41, 5.74) is 0. The van der Waals surface area contributed by atoms with Gasteiger partial charge in [0.15, 0.2) is 11.5 Å². The predicted octanol–water partition coefficient (Wildman–Crippen LogP) is 1.97. The average molecular weight is 433 g/mol. The Kier molecular flexibility index (Phi) is 6.29. The van der Waals surface area contributed by atoms with E-state index in [1.807, 2.05) is 24.3 Å². The summed E-state index contributed by atoms with van der Waals surface area (Å²) in [4.78, 5) is 2.45. The van der Waals surface area contributed by atoms with Crippen LogP contribution in [0.15, 0.2) is 59.5 Å². The predicted molar refractivity (Wildman–Crippen MR) is 113 cm³/mol. The molecule has 2 saturated heterocycles. The molecule has 0 saturated carbocycles. The van der Waals surface area contributed by atoms with Crippen molar-refractivity contribution in [2.75, 3.05) is 33.3 Å². The molecule has 8 heteroatoms. The van der Waals surface area contributed by atoms with Crippen molar-refractivity contribution < 1.29 is 23.0 Å². The number of aliphatic hydroxyl groups excluding tert-OH is 1. The topological polar surface area (TPSA) is 79.3 Å². The van der Waals surface area contributed by atoms with Crippen LogP contribution in [0.3, 0.4) is 0 Å². The first kappa shape index (κ1) is 21.1. The van der Waals surface area contributed by atoms with E-state index in [-0.39, 0.29) is 23.6 Å². The van der Waals surface area contributed by atoms with Gasteiger partial charge in [-0.05, 0) is 37.1 Å². The van der Waals surface area contributed by atoms with E-state index < -0.39 is 16.1 Å². The molecule has 30 heavy (non-hydrogen) atoms. The van der Waals surface area contributed by atoms with E-state index in [4.69, 9.17) is 9.47 Å². The van der Waals surface area contributed by atoms with E-state index >= 15 is 0 Å². The Morgan fingerprint density at radius 3 is 2.23 bits per heavy atom. The molecular weight excluding hydrogens is 404 g/mol. The molecule has 0 bridgehead atoms. The SMILES string of the molecule is COc1ccccc1OC1CCN([C@H]2CN(S(=O)(=O)c3ccccc3)C[C@@H]2O)CC1. The number of methoxy groups -OCH3 is 1. The van der Waals surface area contributed by atoms with Gasteiger partial charge in [-0.25, -0.2) is 8.42 Å². The van der Waals surface area contributed by atoms with E-state index in [1.54, 1.807) is 37.4 Å². The molecule has 162 valence electrons. The van der Waals surface area contributed by atoms with Gasteiger partial charge in [-0.3, -0.25) is 4.90 Å². The van der Waals surface area contributed by atoms with Gasteiger partial charge in [-0.15, -0.1) is 0 Å². The molecule has 2 atom stereocenters. The number of aliphatic hydroxyl groups is 1. The fourth-order valence-corrected chi connectivity index (χ4v) is 5.75. The maximum Gasteiger partial charge on any atom is 0.243 e. The summed E-state index contributed by atoms with van der Waals surface area (Å²) in [7, 11) is -1.97. The lowest BCUT2D eigenvalue weighted by atomic mass is 10.0. The molecule has 1 N–H and O–H groups in total. The highest BCUT2D eigenvalue weighted by atomic mass is 32.2. The number of piperidine rings is 1. The number of hydrogen-bond donors (Lipinski definition) is 1. The number of rotatable bonds is 6. The molecule has 0 aromatic heterocycles. The van der Waals surface area contributed by atoms with E-state index in [0.717, 1.165) is 31.7 Å². The maximum atomic E-state index is 12.9. The Hall–Kier alpha value is -2.13. The summed E-state index contributed by atoms with van der Waals surface area (Å²) in [6.45, 7) is 1.93. The quantitative estimate of drug-likeness (QED) is 0.752. The standard InChI is InChI=1S/C22H28N2O5S/c1-28-21-9-5-6-10-22(21)29-17-11-13-23(14-12-17)19-15-24(16-20(19)25)30(26,27)18-7-3-2-4-8-18/h2-10,17,19-20,25H,11-16H2,1H3/t19-,20-/m0/s1. The van der Waals surface area contributed by atoms with Crippen LogP contribution in [0, 0.1) is 0 Å². The molecule has 0 aliphatic carbocycles. The minimum Gasteiger partial charge on any atom is -0.493 e. The summed E-state index contributed by atoms with van der Waals surface area (Å²) in [6, 6.07) is 15.8. The van der Waals surface area contributed by atoms with Gasteiger partial charge in [-0.1, -0.05) is 30.3 Å². The normalized spacial score (nSPS) is 24.1. The van der Waals surface area contributed by atoms with Crippen molar-refractivity contribution in [2.24, 2.45) is 0 Å². The second-order valence-electron chi connectivity index (χ2n) is 7.77. The van der Waals surface area contributed by atoms with Gasteiger partial charge in [0.1, 0.15) is 6.10 Å². The lowest BCUT2D eigenvalue weighted by Crippen LogP contribution is -2.49. The Balaban J connectivity index is 1.36. The Morgan fingerprint density at radius 1 is 0.933 bits per heavy atom. The highest BCUT2D eigenvalue weighted by Gasteiger charge is 2.42.